The van der Waals surface area contributed by atoms with E-state index in [-0.39, 0.29) is 19.0 Å². The molecule has 2 aromatic rings. The van der Waals surface area contributed by atoms with Crippen molar-refractivity contribution in [3.05, 3.63) is 58.1 Å². The molecule has 1 aromatic carbocycles. The molecule has 0 fully saturated rings. The predicted octanol–water partition coefficient (Wildman–Crippen LogP) is 2.05. The largest absolute Gasteiger partial charge is 0.356 e. The van der Waals surface area contributed by atoms with Crippen LogP contribution in [0.15, 0.2) is 30.5 Å². The van der Waals surface area contributed by atoms with E-state index >= 15 is 0 Å². The molecule has 0 spiro atoms. The van der Waals surface area contributed by atoms with Crippen molar-refractivity contribution in [3.8, 4) is 11.8 Å². The van der Waals surface area contributed by atoms with Gasteiger partial charge in [0.2, 0.25) is 0 Å². The van der Waals surface area contributed by atoms with Gasteiger partial charge in [0, 0.05) is 23.9 Å². The zero-order valence-electron chi connectivity index (χ0n) is 11.0. The summed E-state index contributed by atoms with van der Waals surface area (Å²) < 4.78 is 13.7. The maximum Gasteiger partial charge on any atom is 0.268 e. The Kier molecular flexibility index (Phi) is 4.99. The molecule has 0 aliphatic heterocycles. The maximum atomic E-state index is 13.7. The standard InChI is InChI=1S/C15H13ClFN3O/c16-12-7-14(19-9-12)15(21)20-8-11-6-10(2-1-5-18)3-4-13(11)17/h3-4,6-7,9,19H,5,8,18H2,(H,20,21). The normalized spacial score (nSPS) is 9.86. The summed E-state index contributed by atoms with van der Waals surface area (Å²) in [6.45, 7) is 0.288. The third-order valence-corrected chi connectivity index (χ3v) is 2.93. The second kappa shape index (κ2) is 6.93. The molecule has 0 saturated heterocycles. The Balaban J connectivity index is 2.07. The van der Waals surface area contributed by atoms with E-state index in [0.29, 0.717) is 21.8 Å². The number of carbonyl (C=O) groups excluding carboxylic acids is 1. The van der Waals surface area contributed by atoms with Crippen molar-refractivity contribution in [2.75, 3.05) is 6.54 Å². The first-order chi connectivity index (χ1) is 10.1. The summed E-state index contributed by atoms with van der Waals surface area (Å²) in [5.74, 6) is 4.74. The van der Waals surface area contributed by atoms with Gasteiger partial charge in [-0.15, -0.1) is 0 Å². The van der Waals surface area contributed by atoms with Crippen molar-refractivity contribution in [2.45, 2.75) is 6.54 Å². The fourth-order valence-corrected chi connectivity index (χ4v) is 1.87. The molecule has 1 amide bonds. The first kappa shape index (κ1) is 15.1. The van der Waals surface area contributed by atoms with Crippen LogP contribution in [-0.2, 0) is 6.54 Å². The number of amides is 1. The number of benzene rings is 1. The molecule has 21 heavy (non-hydrogen) atoms. The number of carbonyl (C=O) groups is 1. The van der Waals surface area contributed by atoms with Gasteiger partial charge in [-0.2, -0.15) is 0 Å². The van der Waals surface area contributed by atoms with E-state index in [0.717, 1.165) is 0 Å². The molecule has 4 N–H and O–H groups in total. The zero-order valence-corrected chi connectivity index (χ0v) is 11.8. The summed E-state index contributed by atoms with van der Waals surface area (Å²) in [5, 5.41) is 3.05. The summed E-state index contributed by atoms with van der Waals surface area (Å²) in [6, 6.07) is 5.96. The molecule has 4 nitrogen and oxygen atoms in total. The molecule has 108 valence electrons. The first-order valence-electron chi connectivity index (χ1n) is 6.19. The zero-order chi connectivity index (χ0) is 15.2. The van der Waals surface area contributed by atoms with Gasteiger partial charge < -0.3 is 16.0 Å². The van der Waals surface area contributed by atoms with Crippen LogP contribution in [0.25, 0.3) is 0 Å². The lowest BCUT2D eigenvalue weighted by molar-refractivity contribution is 0.0946. The van der Waals surface area contributed by atoms with Gasteiger partial charge >= 0.3 is 0 Å². The lowest BCUT2D eigenvalue weighted by Gasteiger charge is -2.06. The molecule has 0 radical (unpaired) electrons. The second-order valence-corrected chi connectivity index (χ2v) is 4.66. The first-order valence-corrected chi connectivity index (χ1v) is 6.57. The molecule has 6 heteroatoms. The maximum absolute atomic E-state index is 13.7. The number of nitrogens with one attached hydrogen (secondary N) is 2. The molecule has 0 aliphatic rings. The van der Waals surface area contributed by atoms with Gasteiger partial charge in [0.25, 0.3) is 5.91 Å². The van der Waals surface area contributed by atoms with Crippen molar-refractivity contribution in [2.24, 2.45) is 5.73 Å². The van der Waals surface area contributed by atoms with Crippen LogP contribution in [0.1, 0.15) is 21.6 Å². The van der Waals surface area contributed by atoms with E-state index < -0.39 is 5.82 Å². The Morgan fingerprint density at radius 3 is 2.90 bits per heavy atom. The fraction of sp³-hybridized carbons (Fsp3) is 0.133. The minimum atomic E-state index is -0.405. The number of aromatic nitrogens is 1. The smallest absolute Gasteiger partial charge is 0.268 e. The number of nitrogens with two attached hydrogens (primary N) is 1. The highest BCUT2D eigenvalue weighted by Crippen LogP contribution is 2.12. The van der Waals surface area contributed by atoms with Gasteiger partial charge in [0.1, 0.15) is 11.5 Å². The van der Waals surface area contributed by atoms with E-state index in [9.17, 15) is 9.18 Å². The molecule has 0 unspecified atom stereocenters. The van der Waals surface area contributed by atoms with Crippen LogP contribution in [0.2, 0.25) is 5.02 Å². The molecule has 0 saturated carbocycles. The summed E-state index contributed by atoms with van der Waals surface area (Å²) in [4.78, 5) is 14.6. The van der Waals surface area contributed by atoms with E-state index in [1.54, 1.807) is 12.1 Å². The second-order valence-electron chi connectivity index (χ2n) is 4.23. The number of hydrogen-bond acceptors (Lipinski definition) is 2. The summed E-state index contributed by atoms with van der Waals surface area (Å²) in [5.41, 5.74) is 6.61. The highest BCUT2D eigenvalue weighted by Gasteiger charge is 2.09. The van der Waals surface area contributed by atoms with Gasteiger partial charge in [-0.1, -0.05) is 23.4 Å². The molecule has 1 aromatic heterocycles. The van der Waals surface area contributed by atoms with E-state index in [1.165, 1.54) is 18.3 Å². The van der Waals surface area contributed by atoms with Crippen molar-refractivity contribution in [1.29, 1.82) is 0 Å². The van der Waals surface area contributed by atoms with Crippen LogP contribution in [0, 0.1) is 17.7 Å². The van der Waals surface area contributed by atoms with E-state index in [2.05, 4.69) is 22.1 Å². The Morgan fingerprint density at radius 2 is 2.24 bits per heavy atom. The number of H-pyrrole nitrogens is 1. The molecular formula is C15H13ClFN3O. The lowest BCUT2D eigenvalue weighted by atomic mass is 10.1. The van der Waals surface area contributed by atoms with Crippen LogP contribution in [-0.4, -0.2) is 17.4 Å². The van der Waals surface area contributed by atoms with Gasteiger partial charge in [0.05, 0.1) is 11.6 Å². The van der Waals surface area contributed by atoms with E-state index in [4.69, 9.17) is 17.3 Å². The van der Waals surface area contributed by atoms with Crippen LogP contribution in [0.4, 0.5) is 4.39 Å². The molecule has 0 bridgehead atoms. The Bertz CT molecular complexity index is 715. The molecule has 1 heterocycles. The average molecular weight is 306 g/mol. The van der Waals surface area contributed by atoms with Gasteiger partial charge in [-0.25, -0.2) is 4.39 Å². The summed E-state index contributed by atoms with van der Waals surface area (Å²) >= 11 is 5.72. The Labute approximate surface area is 126 Å². The van der Waals surface area contributed by atoms with Gasteiger partial charge in [-0.3, -0.25) is 4.79 Å². The predicted molar refractivity (Wildman–Crippen MR) is 79.3 cm³/mol. The molecule has 0 atom stereocenters. The van der Waals surface area contributed by atoms with Gasteiger partial charge in [-0.05, 0) is 24.3 Å². The minimum Gasteiger partial charge on any atom is -0.356 e. The van der Waals surface area contributed by atoms with Crippen molar-refractivity contribution < 1.29 is 9.18 Å². The van der Waals surface area contributed by atoms with Crippen LogP contribution >= 0.6 is 11.6 Å². The van der Waals surface area contributed by atoms with Crippen molar-refractivity contribution >= 4 is 17.5 Å². The minimum absolute atomic E-state index is 0.0550. The van der Waals surface area contributed by atoms with E-state index in [1.807, 2.05) is 0 Å². The Morgan fingerprint density at radius 1 is 1.43 bits per heavy atom. The number of rotatable bonds is 3. The number of aromatic amines is 1. The average Bonchev–Trinajstić information content (AvgIpc) is 2.91. The number of hydrogen-bond donors (Lipinski definition) is 3. The van der Waals surface area contributed by atoms with Gasteiger partial charge in [0.15, 0.2) is 0 Å². The lowest BCUT2D eigenvalue weighted by Crippen LogP contribution is -2.23. The monoisotopic (exact) mass is 305 g/mol. The SMILES string of the molecule is NCC#Cc1ccc(F)c(CNC(=O)c2cc(Cl)c[nH]2)c1. The van der Waals surface area contributed by atoms with Crippen molar-refractivity contribution in [1.82, 2.24) is 10.3 Å². The third-order valence-electron chi connectivity index (χ3n) is 2.71. The highest BCUT2D eigenvalue weighted by atomic mass is 35.5. The van der Waals surface area contributed by atoms with Crippen LogP contribution in [0.5, 0.6) is 0 Å². The fourth-order valence-electron chi connectivity index (χ4n) is 1.71. The Hall–Kier alpha value is -2.29. The van der Waals surface area contributed by atoms with Crippen LogP contribution in [0.3, 0.4) is 0 Å². The summed E-state index contributed by atoms with van der Waals surface area (Å²) in [6.07, 6.45) is 1.50. The quantitative estimate of drug-likeness (QED) is 0.760. The topological polar surface area (TPSA) is 70.9 Å². The summed E-state index contributed by atoms with van der Waals surface area (Å²) in [7, 11) is 0. The third kappa shape index (κ3) is 4.09. The van der Waals surface area contributed by atoms with Crippen molar-refractivity contribution in [3.63, 3.8) is 0 Å². The molecule has 0 aliphatic carbocycles. The van der Waals surface area contributed by atoms with Crippen LogP contribution < -0.4 is 11.1 Å². The number of halogens is 2. The highest BCUT2D eigenvalue weighted by molar-refractivity contribution is 6.30. The molecular weight excluding hydrogens is 293 g/mol. The molecule has 2 rings (SSSR count).